The van der Waals surface area contributed by atoms with Crippen molar-refractivity contribution in [3.05, 3.63) is 146 Å². The molecule has 0 spiro atoms. The molecule has 0 amide bonds. The van der Waals surface area contributed by atoms with E-state index >= 15 is 0 Å². The molecule has 0 saturated carbocycles. The Balaban J connectivity index is 1.37. The lowest BCUT2D eigenvalue weighted by molar-refractivity contribution is 0.673. The van der Waals surface area contributed by atoms with Gasteiger partial charge in [-0.1, -0.05) is 121 Å². The summed E-state index contributed by atoms with van der Waals surface area (Å²) in [6.45, 7) is 0. The van der Waals surface area contributed by atoms with Crippen molar-refractivity contribution in [3.8, 4) is 33.8 Å². The second-order valence-corrected chi connectivity index (χ2v) is 11.0. The summed E-state index contributed by atoms with van der Waals surface area (Å²) in [5.41, 5.74) is 7.97. The molecule has 43 heavy (non-hydrogen) atoms. The maximum Gasteiger partial charge on any atom is 0.161 e. The molecule has 0 bridgehead atoms. The summed E-state index contributed by atoms with van der Waals surface area (Å²) in [5, 5.41) is 7.71. The highest BCUT2D eigenvalue weighted by molar-refractivity contribution is 6.22. The molecule has 3 heteroatoms. The van der Waals surface area contributed by atoms with Gasteiger partial charge in [0, 0.05) is 32.7 Å². The van der Waals surface area contributed by atoms with Crippen LogP contribution >= 0.6 is 0 Å². The van der Waals surface area contributed by atoms with Crippen LogP contribution in [0, 0.1) is 0 Å². The molecular formula is C40H24N2O. The van der Waals surface area contributed by atoms with Crippen LogP contribution in [0.2, 0.25) is 0 Å². The predicted molar refractivity (Wildman–Crippen MR) is 178 cm³/mol. The van der Waals surface area contributed by atoms with Crippen LogP contribution in [0.3, 0.4) is 0 Å². The van der Waals surface area contributed by atoms with Gasteiger partial charge in [0.05, 0.1) is 11.2 Å². The SMILES string of the molecule is c1ccc(-c2cccc3oc4c5ccccc5c(-c5nc(-c6ccc7ccccc7c6)c6ccccc6n5)cc4c23)cc1. The van der Waals surface area contributed by atoms with Gasteiger partial charge in [-0.05, 0) is 51.6 Å². The number of benzene rings is 7. The van der Waals surface area contributed by atoms with Gasteiger partial charge in [0.2, 0.25) is 0 Å². The van der Waals surface area contributed by atoms with E-state index in [1.807, 2.05) is 12.1 Å². The van der Waals surface area contributed by atoms with Crippen molar-refractivity contribution in [2.75, 3.05) is 0 Å². The van der Waals surface area contributed by atoms with E-state index in [0.717, 1.165) is 71.6 Å². The van der Waals surface area contributed by atoms with Gasteiger partial charge in [-0.25, -0.2) is 9.97 Å². The summed E-state index contributed by atoms with van der Waals surface area (Å²) in [5.74, 6) is 0.700. The van der Waals surface area contributed by atoms with Crippen LogP contribution in [0.15, 0.2) is 150 Å². The van der Waals surface area contributed by atoms with E-state index in [1.165, 1.54) is 10.8 Å². The fourth-order valence-corrected chi connectivity index (χ4v) is 6.45. The number of rotatable bonds is 3. The molecule has 0 aliphatic heterocycles. The number of fused-ring (bicyclic) bond motifs is 7. The third kappa shape index (κ3) is 3.75. The zero-order chi connectivity index (χ0) is 28.3. The molecular weight excluding hydrogens is 524 g/mol. The lowest BCUT2D eigenvalue weighted by atomic mass is 9.95. The Morgan fingerprint density at radius 1 is 0.442 bits per heavy atom. The van der Waals surface area contributed by atoms with E-state index < -0.39 is 0 Å². The number of para-hydroxylation sites is 1. The molecule has 9 aromatic rings. The number of aromatic nitrogens is 2. The van der Waals surface area contributed by atoms with Crippen molar-refractivity contribution < 1.29 is 4.42 Å². The zero-order valence-electron chi connectivity index (χ0n) is 23.2. The maximum absolute atomic E-state index is 6.58. The Bertz CT molecular complexity index is 2510. The Kier molecular flexibility index (Phi) is 5.20. The second kappa shape index (κ2) is 9.37. The van der Waals surface area contributed by atoms with E-state index in [0.29, 0.717) is 5.82 Å². The first-order chi connectivity index (χ1) is 21.3. The Morgan fingerprint density at radius 3 is 2.07 bits per heavy atom. The highest BCUT2D eigenvalue weighted by atomic mass is 16.3. The van der Waals surface area contributed by atoms with Crippen LogP contribution in [0.25, 0.3) is 88.2 Å². The van der Waals surface area contributed by atoms with Crippen LogP contribution in [-0.4, -0.2) is 9.97 Å². The number of nitrogens with zero attached hydrogens (tertiary/aromatic N) is 2. The number of furan rings is 1. The van der Waals surface area contributed by atoms with Crippen LogP contribution in [0.5, 0.6) is 0 Å². The first kappa shape index (κ1) is 23.9. The summed E-state index contributed by atoms with van der Waals surface area (Å²) in [6.07, 6.45) is 0. The molecule has 3 nitrogen and oxygen atoms in total. The molecule has 0 saturated heterocycles. The summed E-state index contributed by atoms with van der Waals surface area (Å²) in [4.78, 5) is 10.5. The first-order valence-electron chi connectivity index (χ1n) is 14.5. The normalized spacial score (nSPS) is 11.7. The van der Waals surface area contributed by atoms with E-state index in [4.69, 9.17) is 14.4 Å². The average molecular weight is 549 g/mol. The van der Waals surface area contributed by atoms with Crippen LogP contribution in [0.4, 0.5) is 0 Å². The molecule has 9 rings (SSSR count). The molecule has 0 aliphatic rings. The Morgan fingerprint density at radius 2 is 1.19 bits per heavy atom. The van der Waals surface area contributed by atoms with E-state index in [1.54, 1.807) is 0 Å². The van der Waals surface area contributed by atoms with Gasteiger partial charge in [-0.2, -0.15) is 0 Å². The van der Waals surface area contributed by atoms with Crippen molar-refractivity contribution in [3.63, 3.8) is 0 Å². The molecule has 0 N–H and O–H groups in total. The molecule has 7 aromatic carbocycles. The number of hydrogen-bond donors (Lipinski definition) is 0. The molecule has 0 atom stereocenters. The van der Waals surface area contributed by atoms with Crippen LogP contribution < -0.4 is 0 Å². The van der Waals surface area contributed by atoms with Crippen molar-refractivity contribution >= 4 is 54.4 Å². The van der Waals surface area contributed by atoms with E-state index in [9.17, 15) is 0 Å². The zero-order valence-corrected chi connectivity index (χ0v) is 23.2. The topological polar surface area (TPSA) is 38.9 Å². The van der Waals surface area contributed by atoms with Crippen LogP contribution in [0.1, 0.15) is 0 Å². The third-order valence-corrected chi connectivity index (χ3v) is 8.45. The maximum atomic E-state index is 6.58. The molecule has 2 aromatic heterocycles. The fourth-order valence-electron chi connectivity index (χ4n) is 6.45. The minimum Gasteiger partial charge on any atom is -0.455 e. The lowest BCUT2D eigenvalue weighted by Gasteiger charge is -2.12. The van der Waals surface area contributed by atoms with Gasteiger partial charge >= 0.3 is 0 Å². The molecule has 2 heterocycles. The second-order valence-electron chi connectivity index (χ2n) is 11.0. The van der Waals surface area contributed by atoms with Gasteiger partial charge in [0.1, 0.15) is 11.2 Å². The van der Waals surface area contributed by atoms with Crippen molar-refractivity contribution in [2.45, 2.75) is 0 Å². The quantitative estimate of drug-likeness (QED) is 0.220. The summed E-state index contributed by atoms with van der Waals surface area (Å²) < 4.78 is 6.58. The Labute approximate surface area is 247 Å². The number of hydrogen-bond acceptors (Lipinski definition) is 3. The predicted octanol–water partition coefficient (Wildman–Crippen LogP) is 10.8. The highest BCUT2D eigenvalue weighted by Crippen LogP contribution is 2.43. The van der Waals surface area contributed by atoms with Gasteiger partial charge in [-0.15, -0.1) is 0 Å². The monoisotopic (exact) mass is 548 g/mol. The van der Waals surface area contributed by atoms with Crippen molar-refractivity contribution in [2.24, 2.45) is 0 Å². The summed E-state index contributed by atoms with van der Waals surface area (Å²) in [7, 11) is 0. The minimum absolute atomic E-state index is 0.700. The highest BCUT2D eigenvalue weighted by Gasteiger charge is 2.20. The van der Waals surface area contributed by atoms with E-state index in [2.05, 4.69) is 133 Å². The van der Waals surface area contributed by atoms with Gasteiger partial charge in [0.25, 0.3) is 0 Å². The largest absolute Gasteiger partial charge is 0.455 e. The molecule has 0 radical (unpaired) electrons. The first-order valence-corrected chi connectivity index (χ1v) is 14.5. The van der Waals surface area contributed by atoms with Crippen molar-refractivity contribution in [1.82, 2.24) is 9.97 Å². The average Bonchev–Trinajstić information content (AvgIpc) is 3.47. The molecule has 200 valence electrons. The summed E-state index contributed by atoms with van der Waals surface area (Å²) in [6, 6.07) is 50.7. The van der Waals surface area contributed by atoms with Gasteiger partial charge in [0.15, 0.2) is 5.82 Å². The fraction of sp³-hybridized carbons (Fsp3) is 0. The third-order valence-electron chi connectivity index (χ3n) is 8.45. The Hall–Kier alpha value is -5.80. The molecule has 0 unspecified atom stereocenters. The molecule has 0 aliphatic carbocycles. The standard InChI is InChI=1S/C40H24N2O/c1-2-12-26(13-3-1)29-18-10-20-36-37(29)34-24-33(30-15-6-7-16-31(30)39(34)43-36)40-41-35-19-9-8-17-32(35)38(42-40)28-22-21-25-11-4-5-14-27(25)23-28/h1-24H. The smallest absolute Gasteiger partial charge is 0.161 e. The summed E-state index contributed by atoms with van der Waals surface area (Å²) >= 11 is 0. The van der Waals surface area contributed by atoms with Crippen LogP contribution in [-0.2, 0) is 0 Å². The van der Waals surface area contributed by atoms with Crippen molar-refractivity contribution in [1.29, 1.82) is 0 Å². The minimum atomic E-state index is 0.700. The van der Waals surface area contributed by atoms with Gasteiger partial charge in [-0.3, -0.25) is 0 Å². The van der Waals surface area contributed by atoms with E-state index in [-0.39, 0.29) is 0 Å². The lowest BCUT2D eigenvalue weighted by Crippen LogP contribution is -1.96. The molecule has 0 fully saturated rings. The van der Waals surface area contributed by atoms with Gasteiger partial charge < -0.3 is 4.42 Å².